The molecule has 12 heteroatoms. The van der Waals surface area contributed by atoms with Gasteiger partial charge in [0.25, 0.3) is 5.91 Å². The van der Waals surface area contributed by atoms with Crippen molar-refractivity contribution in [2.75, 3.05) is 40.5 Å². The van der Waals surface area contributed by atoms with E-state index in [-0.39, 0.29) is 28.9 Å². The monoisotopic (exact) mass is 536 g/mol. The van der Waals surface area contributed by atoms with E-state index in [0.717, 1.165) is 34.4 Å². The molecule has 0 spiro atoms. The lowest BCUT2D eigenvalue weighted by molar-refractivity contribution is -0.133. The topological polar surface area (TPSA) is 122 Å². The molecule has 1 aromatic carbocycles. The van der Waals surface area contributed by atoms with Crippen LogP contribution < -0.4 is 9.47 Å². The summed E-state index contributed by atoms with van der Waals surface area (Å²) in [5, 5.41) is 15.3. The third-order valence-corrected chi connectivity index (χ3v) is 7.47. The van der Waals surface area contributed by atoms with Gasteiger partial charge in [-0.3, -0.25) is 15.0 Å². The molecule has 0 atom stereocenters. The number of nitrogens with one attached hydrogen (secondary N) is 1. The van der Waals surface area contributed by atoms with Crippen molar-refractivity contribution in [3.8, 4) is 17.2 Å². The molecule has 1 fully saturated rings. The molecule has 0 unspecified atom stereocenters. The second kappa shape index (κ2) is 10.5. The molecule has 198 valence electrons. The molecule has 11 nitrogen and oxygen atoms in total. The Balaban J connectivity index is 1.42. The summed E-state index contributed by atoms with van der Waals surface area (Å²) >= 11 is 1.15. The number of fused-ring (bicyclic) bond motifs is 1. The average molecular weight is 537 g/mol. The number of amides is 2. The summed E-state index contributed by atoms with van der Waals surface area (Å²) in [6.07, 6.45) is 1.75. The number of amidine groups is 2. The summed E-state index contributed by atoms with van der Waals surface area (Å²) in [6.45, 7) is 6.01. The number of methoxy groups -OCH3 is 2. The van der Waals surface area contributed by atoms with Gasteiger partial charge in [0.05, 0.1) is 45.1 Å². The van der Waals surface area contributed by atoms with Gasteiger partial charge in [-0.25, -0.2) is 0 Å². The molecule has 3 aliphatic heterocycles. The number of hydrazone groups is 1. The molecule has 5 rings (SSSR count). The van der Waals surface area contributed by atoms with Crippen molar-refractivity contribution in [3.05, 3.63) is 46.8 Å². The van der Waals surface area contributed by atoms with Crippen LogP contribution in [0.15, 0.2) is 39.9 Å². The fourth-order valence-corrected chi connectivity index (χ4v) is 5.46. The number of hydrogen-bond acceptors (Lipinski definition) is 8. The quantitative estimate of drug-likeness (QED) is 0.564. The Bertz CT molecular complexity index is 1420. The van der Waals surface area contributed by atoms with Crippen LogP contribution in [0, 0.1) is 19.3 Å². The van der Waals surface area contributed by atoms with Gasteiger partial charge >= 0.3 is 0 Å². The number of hydrogen-bond donors (Lipinski definition) is 1. The number of aryl methyl sites for hydroxylation is 1. The molecule has 0 saturated carbocycles. The fourth-order valence-electron chi connectivity index (χ4n) is 4.59. The van der Waals surface area contributed by atoms with Gasteiger partial charge in [-0.2, -0.15) is 15.1 Å². The lowest BCUT2D eigenvalue weighted by Gasteiger charge is -2.26. The highest BCUT2D eigenvalue weighted by molar-refractivity contribution is 8.27. The van der Waals surface area contributed by atoms with Crippen molar-refractivity contribution in [3.63, 3.8) is 0 Å². The molecule has 0 bridgehead atoms. The lowest BCUT2D eigenvalue weighted by Crippen LogP contribution is -2.41. The summed E-state index contributed by atoms with van der Waals surface area (Å²) in [5.74, 6) is 0.698. The molecule has 4 heterocycles. The number of benzene rings is 1. The second-order valence-electron chi connectivity index (χ2n) is 8.88. The maximum absolute atomic E-state index is 13.0. The van der Waals surface area contributed by atoms with E-state index in [1.165, 1.54) is 5.01 Å². The van der Waals surface area contributed by atoms with Crippen molar-refractivity contribution in [1.29, 1.82) is 5.41 Å². The minimum atomic E-state index is -0.520. The molecule has 0 radical (unpaired) electrons. The number of morpholine rings is 1. The normalized spacial score (nSPS) is 18.5. The highest BCUT2D eigenvalue weighted by atomic mass is 32.2. The highest BCUT2D eigenvalue weighted by Crippen LogP contribution is 2.34. The molecule has 1 saturated heterocycles. The molecule has 38 heavy (non-hydrogen) atoms. The summed E-state index contributed by atoms with van der Waals surface area (Å²) in [5.41, 5.74) is 3.45. The first-order valence-electron chi connectivity index (χ1n) is 12.1. The molecule has 2 amide bonds. The first-order valence-corrected chi connectivity index (χ1v) is 12.9. The minimum absolute atomic E-state index is 0.0611. The van der Waals surface area contributed by atoms with E-state index >= 15 is 0 Å². The Morgan fingerprint density at radius 2 is 1.95 bits per heavy atom. The van der Waals surface area contributed by atoms with Gasteiger partial charge in [-0.15, -0.1) is 0 Å². The number of carbonyl (C=O) groups excluding carboxylic acids is 2. The van der Waals surface area contributed by atoms with Crippen LogP contribution in [0.1, 0.15) is 23.4 Å². The van der Waals surface area contributed by atoms with E-state index in [1.807, 2.05) is 42.7 Å². The number of aromatic nitrogens is 1. The van der Waals surface area contributed by atoms with E-state index in [0.29, 0.717) is 42.8 Å². The Kier molecular flexibility index (Phi) is 7.09. The molecule has 1 aromatic heterocycles. The van der Waals surface area contributed by atoms with Crippen LogP contribution in [0.3, 0.4) is 0 Å². The molecule has 2 aromatic rings. The zero-order valence-corrected chi connectivity index (χ0v) is 22.4. The standard InChI is InChI=1S/C26H28N6O5S/c1-15-11-17(16(2)31(15)20-13-18(35-3)5-6-21(20)36-4)12-19-24(27)32-26(28-25(19)34)38-22(29-32)14-23(33)30-7-9-37-10-8-30/h5-6,11-13,27H,7-10,14H2,1-4H3/b19-12+,27-24?. The molecular weight excluding hydrogens is 508 g/mol. The van der Waals surface area contributed by atoms with Crippen LogP contribution in [0.4, 0.5) is 0 Å². The van der Waals surface area contributed by atoms with Crippen LogP contribution >= 0.6 is 11.8 Å². The predicted molar refractivity (Wildman–Crippen MR) is 145 cm³/mol. The number of nitrogens with zero attached hydrogens (tertiary/aromatic N) is 5. The Labute approximate surface area is 224 Å². The average Bonchev–Trinajstić information content (AvgIpc) is 3.45. The van der Waals surface area contributed by atoms with Crippen molar-refractivity contribution in [2.24, 2.45) is 10.1 Å². The Hall–Kier alpha value is -3.90. The van der Waals surface area contributed by atoms with Gasteiger partial charge in [0, 0.05) is 30.5 Å². The third-order valence-electron chi connectivity index (χ3n) is 6.56. The van der Waals surface area contributed by atoms with Crippen LogP contribution in [-0.2, 0) is 14.3 Å². The van der Waals surface area contributed by atoms with E-state index in [4.69, 9.17) is 19.6 Å². The number of ether oxygens (including phenoxy) is 3. The van der Waals surface area contributed by atoms with Crippen LogP contribution in [0.25, 0.3) is 11.8 Å². The fraction of sp³-hybridized carbons (Fsp3) is 0.346. The molecule has 3 aliphatic rings. The zero-order chi connectivity index (χ0) is 27.0. The number of rotatable bonds is 6. The SMILES string of the molecule is COc1ccc(OC)c(-n2c(C)cc(/C=C3\C(=N)N4N=C(CC(=O)N5CCOCC5)SC4=NC3=O)c2C)c1. The largest absolute Gasteiger partial charge is 0.497 e. The number of thioether (sulfide) groups is 1. The van der Waals surface area contributed by atoms with Crippen molar-refractivity contribution in [2.45, 2.75) is 20.3 Å². The zero-order valence-electron chi connectivity index (χ0n) is 21.6. The highest BCUT2D eigenvalue weighted by Gasteiger charge is 2.36. The number of aliphatic imine (C=N–C) groups is 1. The summed E-state index contributed by atoms with van der Waals surface area (Å²) in [4.78, 5) is 31.5. The second-order valence-corrected chi connectivity index (χ2v) is 9.92. The van der Waals surface area contributed by atoms with Gasteiger partial charge in [-0.05, 0) is 55.4 Å². The molecule has 0 aliphatic carbocycles. The predicted octanol–water partition coefficient (Wildman–Crippen LogP) is 2.98. The first-order chi connectivity index (χ1) is 18.3. The lowest BCUT2D eigenvalue weighted by atomic mass is 10.1. The van der Waals surface area contributed by atoms with Gasteiger partial charge in [0.2, 0.25) is 11.1 Å². The first kappa shape index (κ1) is 25.7. The number of carbonyl (C=O) groups is 2. The van der Waals surface area contributed by atoms with Crippen molar-refractivity contribution in [1.82, 2.24) is 14.5 Å². The van der Waals surface area contributed by atoms with E-state index in [9.17, 15) is 9.59 Å². The minimum Gasteiger partial charge on any atom is -0.497 e. The Morgan fingerprint density at radius 1 is 1.18 bits per heavy atom. The molecule has 1 N–H and O–H groups in total. The maximum atomic E-state index is 13.0. The summed E-state index contributed by atoms with van der Waals surface area (Å²) in [6, 6.07) is 7.49. The summed E-state index contributed by atoms with van der Waals surface area (Å²) in [7, 11) is 3.21. The van der Waals surface area contributed by atoms with Gasteiger partial charge in [0.15, 0.2) is 5.84 Å². The van der Waals surface area contributed by atoms with Crippen molar-refractivity contribution < 1.29 is 23.8 Å². The van der Waals surface area contributed by atoms with Gasteiger partial charge in [-0.1, -0.05) is 0 Å². The van der Waals surface area contributed by atoms with Gasteiger partial charge < -0.3 is 23.7 Å². The van der Waals surface area contributed by atoms with E-state index in [2.05, 4.69) is 10.1 Å². The maximum Gasteiger partial charge on any atom is 0.283 e. The third kappa shape index (κ3) is 4.72. The van der Waals surface area contributed by atoms with Crippen LogP contribution in [0.2, 0.25) is 0 Å². The van der Waals surface area contributed by atoms with Crippen LogP contribution in [0.5, 0.6) is 11.5 Å². The smallest absolute Gasteiger partial charge is 0.283 e. The molecular formula is C26H28N6O5S. The Morgan fingerprint density at radius 3 is 2.66 bits per heavy atom. The summed E-state index contributed by atoms with van der Waals surface area (Å²) < 4.78 is 18.3. The van der Waals surface area contributed by atoms with Crippen LogP contribution in [-0.4, -0.2) is 82.9 Å². The van der Waals surface area contributed by atoms with E-state index < -0.39 is 5.91 Å². The van der Waals surface area contributed by atoms with E-state index in [1.54, 1.807) is 25.2 Å². The van der Waals surface area contributed by atoms with Crippen molar-refractivity contribution >= 4 is 45.7 Å². The van der Waals surface area contributed by atoms with Gasteiger partial charge in [0.1, 0.15) is 16.5 Å².